The summed E-state index contributed by atoms with van der Waals surface area (Å²) in [5.41, 5.74) is 8.59. The number of pyridine rings is 1. The Morgan fingerprint density at radius 3 is 2.16 bits per heavy atom. The minimum atomic E-state index is -0.0900. The lowest BCUT2D eigenvalue weighted by atomic mass is 9.75. The van der Waals surface area contributed by atoms with Crippen LogP contribution >= 0.6 is 0 Å². The van der Waals surface area contributed by atoms with E-state index in [9.17, 15) is 0 Å². The Balaban J connectivity index is 1.36. The zero-order chi connectivity index (χ0) is 28.7. The average Bonchev–Trinajstić information content (AvgIpc) is 3.38. The maximum absolute atomic E-state index is 5.00. The van der Waals surface area contributed by atoms with Gasteiger partial charge in [-0.1, -0.05) is 105 Å². The van der Waals surface area contributed by atoms with E-state index in [-0.39, 0.29) is 5.41 Å². The maximum atomic E-state index is 5.00. The Kier molecular flexibility index (Phi) is 4.95. The second-order valence-corrected chi connectivity index (χ2v) is 12.1. The van der Waals surface area contributed by atoms with E-state index in [0.29, 0.717) is 0 Å². The molecule has 0 saturated heterocycles. The predicted octanol–water partition coefficient (Wildman–Crippen LogP) is 10.6. The second-order valence-electron chi connectivity index (χ2n) is 12.1. The number of rotatable bonds is 3. The first-order valence-corrected chi connectivity index (χ1v) is 14.9. The fraction of sp³-hybridized carbons (Fsp3) is 0.0750. The third-order valence-electron chi connectivity index (χ3n) is 9.38. The predicted molar refractivity (Wildman–Crippen MR) is 180 cm³/mol. The van der Waals surface area contributed by atoms with Crippen LogP contribution in [0.2, 0.25) is 0 Å². The number of nitrogens with zero attached hydrogens (tertiary/aromatic N) is 3. The normalized spacial score (nSPS) is 13.5. The quantitative estimate of drug-likeness (QED) is 0.218. The van der Waals surface area contributed by atoms with E-state index < -0.39 is 0 Å². The van der Waals surface area contributed by atoms with Crippen LogP contribution in [0.3, 0.4) is 0 Å². The number of fused-ring (bicyclic) bond motifs is 7. The number of hydrogen-bond donors (Lipinski definition) is 0. The maximum Gasteiger partial charge on any atom is 0.145 e. The summed E-state index contributed by atoms with van der Waals surface area (Å²) >= 11 is 0. The molecule has 0 atom stereocenters. The lowest BCUT2D eigenvalue weighted by Crippen LogP contribution is -2.26. The highest BCUT2D eigenvalue weighted by Crippen LogP contribution is 2.48. The second kappa shape index (κ2) is 8.80. The number of aromatic nitrogens is 2. The highest BCUT2D eigenvalue weighted by molar-refractivity contribution is 6.13. The Morgan fingerprint density at radius 1 is 0.558 bits per heavy atom. The van der Waals surface area contributed by atoms with E-state index >= 15 is 0 Å². The van der Waals surface area contributed by atoms with Crippen molar-refractivity contribution in [1.82, 2.24) is 9.55 Å². The molecule has 2 aromatic heterocycles. The van der Waals surface area contributed by atoms with Gasteiger partial charge < -0.3 is 4.57 Å². The fourth-order valence-corrected chi connectivity index (χ4v) is 7.28. The summed E-state index contributed by atoms with van der Waals surface area (Å²) in [5.74, 6) is 0.924. The fourth-order valence-electron chi connectivity index (χ4n) is 7.28. The molecule has 6 aromatic carbocycles. The number of benzene rings is 6. The summed E-state index contributed by atoms with van der Waals surface area (Å²) in [6.45, 7) is 4.70. The summed E-state index contributed by atoms with van der Waals surface area (Å²) < 4.78 is 2.47. The number of anilines is 3. The Hall–Kier alpha value is -5.41. The van der Waals surface area contributed by atoms with Crippen LogP contribution in [0.25, 0.3) is 49.0 Å². The molecule has 204 valence electrons. The SMILES string of the molecule is CC1(C)c2ccccc2-n2c3ccc(N(c4ccc5ccccc5c4)c4nccc5ccccc45)cc3c3cccc1c32. The summed E-state index contributed by atoms with van der Waals surface area (Å²) in [4.78, 5) is 7.32. The van der Waals surface area contributed by atoms with Gasteiger partial charge in [0.1, 0.15) is 5.82 Å². The zero-order valence-corrected chi connectivity index (χ0v) is 24.1. The molecule has 9 rings (SSSR count). The van der Waals surface area contributed by atoms with Crippen molar-refractivity contribution in [3.63, 3.8) is 0 Å². The first kappa shape index (κ1) is 24.2. The highest BCUT2D eigenvalue weighted by atomic mass is 15.2. The van der Waals surface area contributed by atoms with E-state index in [1.807, 2.05) is 6.20 Å². The molecular weight excluding hydrogens is 522 g/mol. The smallest absolute Gasteiger partial charge is 0.145 e. The molecule has 0 spiro atoms. The lowest BCUT2D eigenvalue weighted by Gasteiger charge is -2.34. The molecule has 0 bridgehead atoms. The van der Waals surface area contributed by atoms with Crippen LogP contribution in [-0.2, 0) is 5.41 Å². The van der Waals surface area contributed by atoms with Crippen LogP contribution in [0.15, 0.2) is 140 Å². The van der Waals surface area contributed by atoms with Crippen molar-refractivity contribution in [2.45, 2.75) is 19.3 Å². The number of para-hydroxylation sites is 2. The highest BCUT2D eigenvalue weighted by Gasteiger charge is 2.34. The monoisotopic (exact) mass is 551 g/mol. The molecule has 1 aliphatic rings. The van der Waals surface area contributed by atoms with Crippen LogP contribution in [0, 0.1) is 0 Å². The molecule has 8 aromatic rings. The Morgan fingerprint density at radius 2 is 1.26 bits per heavy atom. The molecule has 0 amide bonds. The van der Waals surface area contributed by atoms with E-state index in [1.165, 1.54) is 54.8 Å². The molecule has 0 N–H and O–H groups in total. The van der Waals surface area contributed by atoms with E-state index in [4.69, 9.17) is 4.98 Å². The van der Waals surface area contributed by atoms with Crippen LogP contribution in [0.5, 0.6) is 0 Å². The van der Waals surface area contributed by atoms with Gasteiger partial charge in [-0.3, -0.25) is 4.90 Å². The van der Waals surface area contributed by atoms with Crippen molar-refractivity contribution >= 4 is 60.5 Å². The summed E-state index contributed by atoms with van der Waals surface area (Å²) in [6, 6.07) is 48.4. The summed E-state index contributed by atoms with van der Waals surface area (Å²) in [6.07, 6.45) is 1.92. The summed E-state index contributed by atoms with van der Waals surface area (Å²) in [7, 11) is 0. The van der Waals surface area contributed by atoms with Gasteiger partial charge in [-0.15, -0.1) is 0 Å². The van der Waals surface area contributed by atoms with Crippen molar-refractivity contribution in [2.75, 3.05) is 4.90 Å². The Labute approximate surface area is 250 Å². The zero-order valence-electron chi connectivity index (χ0n) is 24.1. The van der Waals surface area contributed by atoms with Gasteiger partial charge in [0.15, 0.2) is 0 Å². The van der Waals surface area contributed by atoms with E-state index in [1.54, 1.807) is 0 Å². The first-order valence-electron chi connectivity index (χ1n) is 14.9. The molecule has 3 heteroatoms. The van der Waals surface area contributed by atoms with Gasteiger partial charge in [0.2, 0.25) is 0 Å². The van der Waals surface area contributed by atoms with Crippen LogP contribution in [0.4, 0.5) is 17.2 Å². The van der Waals surface area contributed by atoms with Crippen LogP contribution in [-0.4, -0.2) is 9.55 Å². The minimum Gasteiger partial charge on any atom is -0.309 e. The minimum absolute atomic E-state index is 0.0900. The van der Waals surface area contributed by atoms with Crippen molar-refractivity contribution in [2.24, 2.45) is 0 Å². The van der Waals surface area contributed by atoms with Gasteiger partial charge in [-0.05, 0) is 69.8 Å². The van der Waals surface area contributed by atoms with E-state index in [0.717, 1.165) is 22.6 Å². The van der Waals surface area contributed by atoms with Gasteiger partial charge in [0, 0.05) is 39.1 Å². The summed E-state index contributed by atoms with van der Waals surface area (Å²) in [5, 5.41) is 7.25. The van der Waals surface area contributed by atoms with Gasteiger partial charge in [0.25, 0.3) is 0 Å². The van der Waals surface area contributed by atoms with Gasteiger partial charge in [0.05, 0.1) is 16.7 Å². The van der Waals surface area contributed by atoms with Crippen molar-refractivity contribution < 1.29 is 0 Å². The van der Waals surface area contributed by atoms with Gasteiger partial charge >= 0.3 is 0 Å². The Bertz CT molecular complexity index is 2390. The average molecular weight is 552 g/mol. The third kappa shape index (κ3) is 3.39. The number of hydrogen-bond acceptors (Lipinski definition) is 2. The van der Waals surface area contributed by atoms with Crippen LogP contribution < -0.4 is 4.90 Å². The molecule has 0 aliphatic carbocycles. The molecule has 0 radical (unpaired) electrons. The van der Waals surface area contributed by atoms with E-state index in [2.05, 4.69) is 157 Å². The van der Waals surface area contributed by atoms with Gasteiger partial charge in [-0.25, -0.2) is 4.98 Å². The van der Waals surface area contributed by atoms with Crippen LogP contribution in [0.1, 0.15) is 25.0 Å². The molecule has 3 nitrogen and oxygen atoms in total. The largest absolute Gasteiger partial charge is 0.309 e. The third-order valence-corrected chi connectivity index (χ3v) is 9.38. The molecular formula is C40H29N3. The van der Waals surface area contributed by atoms with Crippen molar-refractivity contribution in [3.05, 3.63) is 151 Å². The van der Waals surface area contributed by atoms with Gasteiger partial charge in [-0.2, -0.15) is 0 Å². The first-order chi connectivity index (χ1) is 21.1. The molecule has 0 unspecified atom stereocenters. The molecule has 1 aliphatic heterocycles. The van der Waals surface area contributed by atoms with Crippen molar-refractivity contribution in [3.8, 4) is 5.69 Å². The molecule has 43 heavy (non-hydrogen) atoms. The lowest BCUT2D eigenvalue weighted by molar-refractivity contribution is 0.630. The molecule has 0 fully saturated rings. The molecule has 3 heterocycles. The standard InChI is InChI=1S/C40H29N3/c1-40(2)34-15-7-8-17-37(34)43-36-21-20-30(25-33(36)32-14-9-16-35(40)38(32)43)42(29-19-18-26-10-3-4-12-28(26)24-29)39-31-13-6-5-11-27(31)22-23-41-39/h3-25H,1-2H3. The van der Waals surface area contributed by atoms with Crippen molar-refractivity contribution in [1.29, 1.82) is 0 Å². The topological polar surface area (TPSA) is 21.1 Å². The molecule has 0 saturated carbocycles.